The molecule has 9 nitrogen and oxygen atoms in total. The van der Waals surface area contributed by atoms with Crippen molar-refractivity contribution in [3.05, 3.63) is 87.8 Å². The SMILES string of the molecule is CCN1CCN(C(=O)c2ccc(N3CC4CC(C3)c3cccc(=O)n3C4)c(NC(=O)c3ccc(OC)cc3)c2)CC1. The van der Waals surface area contributed by atoms with Crippen LogP contribution in [0.25, 0.3) is 0 Å². The zero-order valence-electron chi connectivity index (χ0n) is 23.7. The number of amides is 2. The molecule has 2 aromatic carbocycles. The Bertz CT molecular complexity index is 1490. The lowest BCUT2D eigenvalue weighted by molar-refractivity contribution is 0.0643. The normalized spacial score (nSPS) is 20.3. The van der Waals surface area contributed by atoms with Crippen LogP contribution in [-0.2, 0) is 6.54 Å². The second-order valence-electron chi connectivity index (χ2n) is 11.2. The first-order chi connectivity index (χ1) is 19.9. The molecule has 0 aliphatic carbocycles. The highest BCUT2D eigenvalue weighted by Crippen LogP contribution is 2.39. The van der Waals surface area contributed by atoms with Crippen molar-refractivity contribution in [2.45, 2.75) is 25.8 Å². The molecule has 2 atom stereocenters. The Morgan fingerprint density at radius 3 is 2.41 bits per heavy atom. The summed E-state index contributed by atoms with van der Waals surface area (Å²) in [5.74, 6) is 0.956. The van der Waals surface area contributed by atoms with Gasteiger partial charge in [-0.2, -0.15) is 0 Å². The van der Waals surface area contributed by atoms with Gasteiger partial charge in [0.1, 0.15) is 5.75 Å². The van der Waals surface area contributed by atoms with E-state index in [1.807, 2.05) is 33.7 Å². The first-order valence-electron chi connectivity index (χ1n) is 14.5. The molecule has 2 bridgehead atoms. The highest BCUT2D eigenvalue weighted by molar-refractivity contribution is 6.07. The van der Waals surface area contributed by atoms with E-state index < -0.39 is 0 Å². The zero-order valence-corrected chi connectivity index (χ0v) is 23.7. The average Bonchev–Trinajstić information content (AvgIpc) is 3.01. The zero-order chi connectivity index (χ0) is 28.5. The number of anilines is 2. The minimum atomic E-state index is -0.246. The van der Waals surface area contributed by atoms with Crippen LogP contribution in [0.1, 0.15) is 45.7 Å². The number of methoxy groups -OCH3 is 1. The van der Waals surface area contributed by atoms with Crippen LogP contribution in [0.15, 0.2) is 65.5 Å². The monoisotopic (exact) mass is 555 g/mol. The lowest BCUT2D eigenvalue weighted by Crippen LogP contribution is -2.48. The Hall–Kier alpha value is -4.11. The molecule has 0 spiro atoms. The fraction of sp³-hybridized carbons (Fsp3) is 0.406. The van der Waals surface area contributed by atoms with Gasteiger partial charge in [-0.25, -0.2) is 0 Å². The van der Waals surface area contributed by atoms with Gasteiger partial charge in [-0.15, -0.1) is 0 Å². The summed E-state index contributed by atoms with van der Waals surface area (Å²) in [4.78, 5) is 46.0. The maximum absolute atomic E-state index is 13.5. The Balaban J connectivity index is 1.30. The Labute approximate surface area is 240 Å². The predicted molar refractivity (Wildman–Crippen MR) is 159 cm³/mol. The van der Waals surface area contributed by atoms with Gasteiger partial charge in [-0.3, -0.25) is 14.4 Å². The van der Waals surface area contributed by atoms with Gasteiger partial charge in [0.25, 0.3) is 17.4 Å². The molecule has 3 aliphatic rings. The fourth-order valence-electron chi connectivity index (χ4n) is 6.52. The summed E-state index contributed by atoms with van der Waals surface area (Å²) in [6, 6.07) is 18.2. The minimum Gasteiger partial charge on any atom is -0.497 e. The van der Waals surface area contributed by atoms with Crippen molar-refractivity contribution < 1.29 is 14.3 Å². The molecule has 3 aromatic rings. The summed E-state index contributed by atoms with van der Waals surface area (Å²) in [6.45, 7) is 8.43. The number of rotatable bonds is 6. The molecule has 0 saturated carbocycles. The third-order valence-corrected chi connectivity index (χ3v) is 8.77. The number of pyridine rings is 1. The van der Waals surface area contributed by atoms with Gasteiger partial charge in [0.2, 0.25) is 0 Å². The molecule has 6 rings (SSSR count). The van der Waals surface area contributed by atoms with E-state index >= 15 is 0 Å². The van der Waals surface area contributed by atoms with Crippen LogP contribution in [-0.4, -0.2) is 79.1 Å². The Kier molecular flexibility index (Phi) is 7.53. The van der Waals surface area contributed by atoms with Crippen molar-refractivity contribution in [1.82, 2.24) is 14.4 Å². The molecule has 2 unspecified atom stereocenters. The van der Waals surface area contributed by atoms with Gasteiger partial charge in [0.15, 0.2) is 0 Å². The molecule has 214 valence electrons. The lowest BCUT2D eigenvalue weighted by atomic mass is 9.83. The van der Waals surface area contributed by atoms with Gasteiger partial charge >= 0.3 is 0 Å². The summed E-state index contributed by atoms with van der Waals surface area (Å²) >= 11 is 0. The number of fused-ring (bicyclic) bond motifs is 4. The third-order valence-electron chi connectivity index (χ3n) is 8.77. The van der Waals surface area contributed by atoms with Crippen LogP contribution in [0.3, 0.4) is 0 Å². The largest absolute Gasteiger partial charge is 0.497 e. The minimum absolute atomic E-state index is 0.0175. The molecule has 3 aliphatic heterocycles. The van der Waals surface area contributed by atoms with Gasteiger partial charge in [-0.05, 0) is 67.4 Å². The van der Waals surface area contributed by atoms with E-state index in [0.29, 0.717) is 48.1 Å². The molecule has 41 heavy (non-hydrogen) atoms. The quantitative estimate of drug-likeness (QED) is 0.501. The van der Waals surface area contributed by atoms with Crippen molar-refractivity contribution in [2.75, 3.05) is 63.1 Å². The summed E-state index contributed by atoms with van der Waals surface area (Å²) in [5, 5.41) is 3.11. The molecule has 4 heterocycles. The molecule has 1 aromatic heterocycles. The van der Waals surface area contributed by atoms with E-state index in [-0.39, 0.29) is 23.3 Å². The predicted octanol–water partition coefficient (Wildman–Crippen LogP) is 3.51. The number of piperidine rings is 1. The van der Waals surface area contributed by atoms with Crippen LogP contribution in [0.5, 0.6) is 5.75 Å². The molecule has 2 saturated heterocycles. The second kappa shape index (κ2) is 11.4. The van der Waals surface area contributed by atoms with Crippen LogP contribution in [0, 0.1) is 5.92 Å². The topological polar surface area (TPSA) is 87.1 Å². The van der Waals surface area contributed by atoms with Crippen LogP contribution in [0.2, 0.25) is 0 Å². The van der Waals surface area contributed by atoms with Crippen LogP contribution >= 0.6 is 0 Å². The Morgan fingerprint density at radius 2 is 1.68 bits per heavy atom. The maximum atomic E-state index is 13.5. The number of likely N-dealkylation sites (N-methyl/N-ethyl adjacent to an activating group) is 1. The van der Waals surface area contributed by atoms with E-state index in [9.17, 15) is 14.4 Å². The standard InChI is InChI=1S/C32H37N5O4/c1-3-34-13-15-35(16-14-34)32(40)24-9-12-29(27(18-24)33-31(39)23-7-10-26(41-2)11-8-23)36-19-22-17-25(21-36)28-5-4-6-30(38)37(28)20-22/h4-12,18,22,25H,3,13-17,19-21H2,1-2H3,(H,33,39). The van der Waals surface area contributed by atoms with E-state index in [0.717, 1.165) is 50.5 Å². The molecule has 0 radical (unpaired) electrons. The number of hydrogen-bond donors (Lipinski definition) is 1. The summed E-state index contributed by atoms with van der Waals surface area (Å²) in [6.07, 6.45) is 1.04. The molecule has 9 heteroatoms. The summed E-state index contributed by atoms with van der Waals surface area (Å²) < 4.78 is 7.16. The molecule has 2 fully saturated rings. The van der Waals surface area contributed by atoms with Gasteiger partial charge < -0.3 is 29.3 Å². The lowest BCUT2D eigenvalue weighted by Gasteiger charge is -2.44. The van der Waals surface area contributed by atoms with Crippen molar-refractivity contribution in [2.24, 2.45) is 5.92 Å². The first-order valence-corrected chi connectivity index (χ1v) is 14.5. The van der Waals surface area contributed by atoms with Gasteiger partial charge in [-0.1, -0.05) is 13.0 Å². The number of hydrogen-bond acceptors (Lipinski definition) is 6. The molecular weight excluding hydrogens is 518 g/mol. The number of ether oxygens (including phenoxy) is 1. The maximum Gasteiger partial charge on any atom is 0.255 e. The number of carbonyl (C=O) groups is 2. The van der Waals surface area contributed by atoms with E-state index in [4.69, 9.17) is 4.74 Å². The number of benzene rings is 2. The van der Waals surface area contributed by atoms with E-state index in [1.54, 1.807) is 37.4 Å². The molecule has 1 N–H and O–H groups in total. The van der Waals surface area contributed by atoms with Crippen molar-refractivity contribution in [3.63, 3.8) is 0 Å². The smallest absolute Gasteiger partial charge is 0.255 e. The molecular formula is C32H37N5O4. The summed E-state index contributed by atoms with van der Waals surface area (Å²) in [5.41, 5.74) is 3.71. The van der Waals surface area contributed by atoms with Crippen molar-refractivity contribution >= 4 is 23.2 Å². The van der Waals surface area contributed by atoms with Crippen molar-refractivity contribution in [1.29, 1.82) is 0 Å². The third kappa shape index (κ3) is 5.46. The van der Waals surface area contributed by atoms with Crippen LogP contribution < -0.4 is 20.5 Å². The number of nitrogens with zero attached hydrogens (tertiary/aromatic N) is 4. The second-order valence-corrected chi connectivity index (χ2v) is 11.2. The highest BCUT2D eigenvalue weighted by Gasteiger charge is 2.35. The Morgan fingerprint density at radius 1 is 0.927 bits per heavy atom. The first kappa shape index (κ1) is 27.1. The highest BCUT2D eigenvalue weighted by atomic mass is 16.5. The van der Waals surface area contributed by atoms with E-state index in [1.165, 1.54) is 0 Å². The van der Waals surface area contributed by atoms with Crippen molar-refractivity contribution in [3.8, 4) is 5.75 Å². The number of aromatic nitrogens is 1. The number of carbonyl (C=O) groups excluding carboxylic acids is 2. The number of nitrogens with one attached hydrogen (secondary N) is 1. The fourth-order valence-corrected chi connectivity index (χ4v) is 6.52. The van der Waals surface area contributed by atoms with Gasteiger partial charge in [0, 0.05) is 74.6 Å². The average molecular weight is 556 g/mol. The van der Waals surface area contributed by atoms with E-state index in [2.05, 4.69) is 28.1 Å². The summed E-state index contributed by atoms with van der Waals surface area (Å²) in [7, 11) is 1.59. The van der Waals surface area contributed by atoms with Crippen LogP contribution in [0.4, 0.5) is 11.4 Å². The number of piperazine rings is 1. The molecule has 2 amide bonds. The van der Waals surface area contributed by atoms with Gasteiger partial charge in [0.05, 0.1) is 18.5 Å².